The number of alkyl halides is 2. The molecule has 0 radical (unpaired) electrons. The van der Waals surface area contributed by atoms with E-state index in [0.717, 1.165) is 15.8 Å². The maximum absolute atomic E-state index is 12.6. The van der Waals surface area contributed by atoms with Gasteiger partial charge in [-0.15, -0.1) is 0 Å². The molecule has 0 bridgehead atoms. The second-order valence-electron chi connectivity index (χ2n) is 3.90. The molecule has 2 rings (SSSR count). The fraction of sp³-hybridized carbons (Fsp3) is 0.333. The Morgan fingerprint density at radius 2 is 2.11 bits per heavy atom. The van der Waals surface area contributed by atoms with Gasteiger partial charge in [0.15, 0.2) is 0 Å². The lowest BCUT2D eigenvalue weighted by molar-refractivity contribution is 0.0666. The van der Waals surface area contributed by atoms with Crippen molar-refractivity contribution >= 4 is 0 Å². The van der Waals surface area contributed by atoms with Gasteiger partial charge in [0, 0.05) is 25.1 Å². The Labute approximate surface area is 104 Å². The Kier molecular flexibility index (Phi) is 3.99. The van der Waals surface area contributed by atoms with Crippen molar-refractivity contribution in [2.75, 3.05) is 0 Å². The fourth-order valence-electron chi connectivity index (χ4n) is 1.65. The molecule has 2 aromatic rings. The van der Waals surface area contributed by atoms with Crippen molar-refractivity contribution in [1.29, 1.82) is 0 Å². The molecule has 0 saturated carbocycles. The zero-order chi connectivity index (χ0) is 13.0. The van der Waals surface area contributed by atoms with E-state index in [0.29, 0.717) is 12.4 Å². The van der Waals surface area contributed by atoms with Gasteiger partial charge >= 0.3 is 6.55 Å². The van der Waals surface area contributed by atoms with Crippen molar-refractivity contribution in [3.8, 4) is 0 Å². The van der Waals surface area contributed by atoms with Crippen LogP contribution < -0.4 is 5.32 Å². The summed E-state index contributed by atoms with van der Waals surface area (Å²) in [6, 6.07) is 3.83. The Bertz CT molecular complexity index is 510. The van der Waals surface area contributed by atoms with E-state index in [1.807, 2.05) is 19.1 Å². The van der Waals surface area contributed by atoms with Crippen LogP contribution in [0.25, 0.3) is 0 Å². The summed E-state index contributed by atoms with van der Waals surface area (Å²) < 4.78 is 26.0. The molecule has 4 nitrogen and oxygen atoms in total. The molecular formula is C12H14F2N4. The van der Waals surface area contributed by atoms with Gasteiger partial charge in [0.25, 0.3) is 0 Å². The number of imidazole rings is 1. The van der Waals surface area contributed by atoms with Crippen LogP contribution in [-0.4, -0.2) is 14.5 Å². The zero-order valence-electron chi connectivity index (χ0n) is 9.98. The lowest BCUT2D eigenvalue weighted by Crippen LogP contribution is -2.18. The van der Waals surface area contributed by atoms with Crippen LogP contribution >= 0.6 is 0 Å². The summed E-state index contributed by atoms with van der Waals surface area (Å²) in [5, 5.41) is 3.06. The van der Waals surface area contributed by atoms with Crippen LogP contribution in [0.3, 0.4) is 0 Å². The van der Waals surface area contributed by atoms with Crippen molar-refractivity contribution in [2.24, 2.45) is 0 Å². The van der Waals surface area contributed by atoms with Gasteiger partial charge in [0.2, 0.25) is 0 Å². The summed E-state index contributed by atoms with van der Waals surface area (Å²) in [4.78, 5) is 8.11. The van der Waals surface area contributed by atoms with Crippen molar-refractivity contribution in [3.63, 3.8) is 0 Å². The van der Waals surface area contributed by atoms with E-state index >= 15 is 0 Å². The summed E-state index contributed by atoms with van der Waals surface area (Å²) >= 11 is 0. The van der Waals surface area contributed by atoms with Crippen LogP contribution in [0.15, 0.2) is 30.7 Å². The maximum Gasteiger partial charge on any atom is 0.319 e. The van der Waals surface area contributed by atoms with Crippen LogP contribution in [0, 0.1) is 6.92 Å². The maximum atomic E-state index is 12.6. The lowest BCUT2D eigenvalue weighted by Gasteiger charge is -2.08. The average Bonchev–Trinajstić information content (AvgIpc) is 2.80. The van der Waals surface area contributed by atoms with E-state index in [4.69, 9.17) is 0 Å². The molecule has 0 atom stereocenters. The summed E-state index contributed by atoms with van der Waals surface area (Å²) in [7, 11) is 0. The quantitative estimate of drug-likeness (QED) is 0.887. The number of rotatable bonds is 5. The van der Waals surface area contributed by atoms with E-state index in [-0.39, 0.29) is 6.54 Å². The van der Waals surface area contributed by atoms with E-state index in [1.165, 1.54) is 12.4 Å². The number of hydrogen-bond donors (Lipinski definition) is 1. The molecule has 1 N–H and O–H groups in total. The Morgan fingerprint density at radius 1 is 1.28 bits per heavy atom. The summed E-state index contributed by atoms with van der Waals surface area (Å²) in [6.07, 6.45) is 4.35. The van der Waals surface area contributed by atoms with Crippen molar-refractivity contribution in [2.45, 2.75) is 26.6 Å². The minimum Gasteiger partial charge on any atom is -0.304 e. The number of pyridine rings is 1. The van der Waals surface area contributed by atoms with E-state index in [9.17, 15) is 8.78 Å². The molecule has 0 aliphatic rings. The highest BCUT2D eigenvalue weighted by atomic mass is 19.3. The molecule has 6 heteroatoms. The number of aryl methyl sites for hydroxylation is 1. The molecule has 2 aromatic heterocycles. The first kappa shape index (κ1) is 12.6. The van der Waals surface area contributed by atoms with Crippen LogP contribution in [0.5, 0.6) is 0 Å². The van der Waals surface area contributed by atoms with Crippen LogP contribution in [0.1, 0.15) is 23.6 Å². The topological polar surface area (TPSA) is 42.7 Å². The molecule has 0 spiro atoms. The Balaban J connectivity index is 1.93. The van der Waals surface area contributed by atoms with Gasteiger partial charge in [0.05, 0.1) is 12.2 Å². The second-order valence-corrected chi connectivity index (χ2v) is 3.90. The van der Waals surface area contributed by atoms with Gasteiger partial charge in [-0.2, -0.15) is 8.78 Å². The molecule has 0 aliphatic heterocycles. The van der Waals surface area contributed by atoms with Crippen LogP contribution in [0.4, 0.5) is 8.78 Å². The van der Waals surface area contributed by atoms with Crippen LogP contribution in [-0.2, 0) is 13.1 Å². The number of nitrogens with one attached hydrogen (secondary N) is 1. The van der Waals surface area contributed by atoms with Gasteiger partial charge < -0.3 is 5.32 Å². The molecule has 0 fully saturated rings. The van der Waals surface area contributed by atoms with Gasteiger partial charge in [-0.25, -0.2) is 4.98 Å². The molecule has 18 heavy (non-hydrogen) atoms. The first-order valence-electron chi connectivity index (χ1n) is 5.59. The highest BCUT2D eigenvalue weighted by molar-refractivity contribution is 5.17. The number of nitrogens with zero attached hydrogens (tertiary/aromatic N) is 3. The molecule has 0 unspecified atom stereocenters. The SMILES string of the molecule is Cc1cccnc1CNCc1nccn1C(F)F. The third-order valence-electron chi connectivity index (χ3n) is 2.65. The molecule has 0 saturated heterocycles. The lowest BCUT2D eigenvalue weighted by atomic mass is 10.2. The molecule has 0 aliphatic carbocycles. The average molecular weight is 252 g/mol. The zero-order valence-corrected chi connectivity index (χ0v) is 9.98. The fourth-order valence-corrected chi connectivity index (χ4v) is 1.65. The Morgan fingerprint density at radius 3 is 2.83 bits per heavy atom. The van der Waals surface area contributed by atoms with Gasteiger partial charge in [0.1, 0.15) is 5.82 Å². The molecule has 0 aromatic carbocycles. The standard InChI is InChI=1S/C12H14F2N4/c1-9-3-2-4-16-10(9)7-15-8-11-17-5-6-18(11)12(13)14/h2-6,12,15H,7-8H2,1H3. The predicted octanol–water partition coefficient (Wildman–Crippen LogP) is 2.27. The third kappa shape index (κ3) is 2.89. The number of hydrogen-bond acceptors (Lipinski definition) is 3. The first-order valence-corrected chi connectivity index (χ1v) is 5.59. The minimum absolute atomic E-state index is 0.285. The van der Waals surface area contributed by atoms with Crippen molar-refractivity contribution < 1.29 is 8.78 Å². The first-order chi connectivity index (χ1) is 8.68. The molecule has 0 amide bonds. The van der Waals surface area contributed by atoms with E-state index in [1.54, 1.807) is 6.20 Å². The number of halogens is 2. The largest absolute Gasteiger partial charge is 0.319 e. The second kappa shape index (κ2) is 5.68. The smallest absolute Gasteiger partial charge is 0.304 e. The predicted molar refractivity (Wildman–Crippen MR) is 63.0 cm³/mol. The van der Waals surface area contributed by atoms with E-state index < -0.39 is 6.55 Å². The normalized spacial score (nSPS) is 11.1. The van der Waals surface area contributed by atoms with Gasteiger partial charge in [-0.1, -0.05) is 6.07 Å². The minimum atomic E-state index is -2.55. The van der Waals surface area contributed by atoms with Crippen LogP contribution in [0.2, 0.25) is 0 Å². The Hall–Kier alpha value is -1.82. The highest BCUT2D eigenvalue weighted by Crippen LogP contribution is 2.12. The van der Waals surface area contributed by atoms with Gasteiger partial charge in [-0.05, 0) is 18.6 Å². The van der Waals surface area contributed by atoms with Gasteiger partial charge in [-0.3, -0.25) is 9.55 Å². The van der Waals surface area contributed by atoms with Crippen molar-refractivity contribution in [3.05, 3.63) is 47.8 Å². The number of aromatic nitrogens is 3. The summed E-state index contributed by atoms with van der Waals surface area (Å²) in [6.45, 7) is 0.223. The summed E-state index contributed by atoms with van der Waals surface area (Å²) in [5.41, 5.74) is 1.98. The highest BCUT2D eigenvalue weighted by Gasteiger charge is 2.10. The third-order valence-corrected chi connectivity index (χ3v) is 2.65. The molecule has 96 valence electrons. The monoisotopic (exact) mass is 252 g/mol. The molecule has 2 heterocycles. The summed E-state index contributed by atoms with van der Waals surface area (Å²) in [5.74, 6) is 0.318. The molecular weight excluding hydrogens is 238 g/mol. The van der Waals surface area contributed by atoms with E-state index in [2.05, 4.69) is 15.3 Å². The van der Waals surface area contributed by atoms with Crippen molar-refractivity contribution in [1.82, 2.24) is 19.9 Å².